The molecule has 1 aliphatic heterocycles. The van der Waals surface area contributed by atoms with Gasteiger partial charge in [0.05, 0.1) is 20.5 Å². The predicted molar refractivity (Wildman–Crippen MR) is 91.2 cm³/mol. The summed E-state index contributed by atoms with van der Waals surface area (Å²) in [4.78, 5) is 19.2. The molecule has 1 aliphatic rings. The molecule has 21 heavy (non-hydrogen) atoms. The fourth-order valence-electron chi connectivity index (χ4n) is 2.80. The van der Waals surface area contributed by atoms with E-state index in [-0.39, 0.29) is 11.2 Å². The van der Waals surface area contributed by atoms with E-state index in [4.69, 9.17) is 4.98 Å². The molecule has 1 aromatic heterocycles. The lowest BCUT2D eigenvalue weighted by molar-refractivity contribution is -0.131. The van der Waals surface area contributed by atoms with E-state index in [0.29, 0.717) is 5.92 Å². The zero-order valence-electron chi connectivity index (χ0n) is 12.4. The van der Waals surface area contributed by atoms with Crippen molar-refractivity contribution in [2.75, 3.05) is 19.3 Å². The molecule has 5 heteroatoms. The Hall–Kier alpha value is -1.07. The van der Waals surface area contributed by atoms with Crippen molar-refractivity contribution in [3.63, 3.8) is 0 Å². The highest BCUT2D eigenvalue weighted by Gasteiger charge is 2.28. The Morgan fingerprint density at radius 2 is 2.29 bits per heavy atom. The average molecular weight is 320 g/mol. The zero-order valence-corrected chi connectivity index (χ0v) is 14.0. The third kappa shape index (κ3) is 3.09. The Balaban J connectivity index is 1.78. The van der Waals surface area contributed by atoms with Crippen LogP contribution < -0.4 is 0 Å². The predicted octanol–water partition coefficient (Wildman–Crippen LogP) is 3.75. The van der Waals surface area contributed by atoms with Gasteiger partial charge in [0.25, 0.3) is 0 Å². The number of thiazole rings is 1. The Kier molecular flexibility index (Phi) is 4.50. The highest BCUT2D eigenvalue weighted by molar-refractivity contribution is 7.99. The van der Waals surface area contributed by atoms with Crippen molar-refractivity contribution in [1.29, 1.82) is 0 Å². The number of hydrogen-bond acceptors (Lipinski definition) is 4. The molecule has 2 aromatic rings. The molecule has 2 heterocycles. The molecule has 1 fully saturated rings. The van der Waals surface area contributed by atoms with Gasteiger partial charge in [-0.25, -0.2) is 4.98 Å². The summed E-state index contributed by atoms with van der Waals surface area (Å²) in [5.74, 6) is 0.669. The second-order valence-corrected chi connectivity index (χ2v) is 7.76. The molecule has 1 aromatic carbocycles. The quantitative estimate of drug-likeness (QED) is 0.863. The average Bonchev–Trinajstić information content (AvgIpc) is 2.97. The molecule has 0 saturated carbocycles. The van der Waals surface area contributed by atoms with Crippen LogP contribution in [0.25, 0.3) is 10.2 Å². The lowest BCUT2D eigenvalue weighted by Crippen LogP contribution is -2.42. The molecule has 1 saturated heterocycles. The highest BCUT2D eigenvalue weighted by Crippen LogP contribution is 2.33. The Morgan fingerprint density at radius 1 is 1.48 bits per heavy atom. The second kappa shape index (κ2) is 6.36. The first-order chi connectivity index (χ1) is 10.2. The zero-order chi connectivity index (χ0) is 14.8. The van der Waals surface area contributed by atoms with E-state index in [2.05, 4.69) is 18.2 Å². The Morgan fingerprint density at radius 3 is 3.05 bits per heavy atom. The van der Waals surface area contributed by atoms with Gasteiger partial charge in [-0.3, -0.25) is 4.79 Å². The van der Waals surface area contributed by atoms with E-state index in [1.165, 1.54) is 9.71 Å². The van der Waals surface area contributed by atoms with E-state index in [0.717, 1.165) is 31.4 Å². The fourth-order valence-corrected chi connectivity index (χ4v) is 4.25. The maximum absolute atomic E-state index is 12.4. The minimum Gasteiger partial charge on any atom is -0.341 e. The monoisotopic (exact) mass is 320 g/mol. The number of aromatic nitrogens is 1. The molecule has 3 nitrogen and oxygen atoms in total. The molecule has 0 radical (unpaired) electrons. The topological polar surface area (TPSA) is 33.2 Å². The lowest BCUT2D eigenvalue weighted by Gasteiger charge is -2.33. The van der Waals surface area contributed by atoms with Gasteiger partial charge in [-0.15, -0.1) is 11.3 Å². The van der Waals surface area contributed by atoms with Crippen molar-refractivity contribution >= 4 is 39.2 Å². The van der Waals surface area contributed by atoms with E-state index >= 15 is 0 Å². The summed E-state index contributed by atoms with van der Waals surface area (Å²) in [7, 11) is 0. The van der Waals surface area contributed by atoms with Crippen LogP contribution in [0.2, 0.25) is 0 Å². The number of carbonyl (C=O) groups excluding carboxylic acids is 1. The van der Waals surface area contributed by atoms with Crippen LogP contribution in [0.4, 0.5) is 0 Å². The van der Waals surface area contributed by atoms with E-state index < -0.39 is 0 Å². The maximum Gasteiger partial charge on any atom is 0.235 e. The van der Waals surface area contributed by atoms with Crippen molar-refractivity contribution in [3.05, 3.63) is 29.3 Å². The summed E-state index contributed by atoms with van der Waals surface area (Å²) in [5.41, 5.74) is 1.08. The standard InChI is InChI=1S/C16H20N2OS2/c1-11(20-2)16(19)18-9-5-6-12(10-18)15-17-13-7-3-4-8-14(13)21-15/h3-4,7-8,11-12H,5-6,9-10H2,1-2H3. The largest absolute Gasteiger partial charge is 0.341 e. The van der Waals surface area contributed by atoms with Crippen LogP contribution in [0.15, 0.2) is 24.3 Å². The fraction of sp³-hybridized carbons (Fsp3) is 0.500. The number of fused-ring (bicyclic) bond motifs is 1. The molecule has 112 valence electrons. The van der Waals surface area contributed by atoms with E-state index in [9.17, 15) is 4.79 Å². The minimum atomic E-state index is 0.0547. The lowest BCUT2D eigenvalue weighted by atomic mass is 9.98. The molecule has 0 N–H and O–H groups in total. The van der Waals surface area contributed by atoms with E-state index in [1.54, 1.807) is 23.1 Å². The van der Waals surface area contributed by atoms with Crippen LogP contribution >= 0.6 is 23.1 Å². The van der Waals surface area contributed by atoms with Crippen LogP contribution in [0.1, 0.15) is 30.7 Å². The molecule has 0 spiro atoms. The van der Waals surface area contributed by atoms with Crippen molar-refractivity contribution < 1.29 is 4.79 Å². The van der Waals surface area contributed by atoms with Crippen LogP contribution in [-0.4, -0.2) is 40.4 Å². The van der Waals surface area contributed by atoms with Crippen molar-refractivity contribution in [2.45, 2.75) is 30.9 Å². The van der Waals surface area contributed by atoms with Gasteiger partial charge in [0, 0.05) is 19.0 Å². The first-order valence-electron chi connectivity index (χ1n) is 7.36. The molecule has 0 bridgehead atoms. The number of likely N-dealkylation sites (tertiary alicyclic amines) is 1. The van der Waals surface area contributed by atoms with Gasteiger partial charge in [0.1, 0.15) is 0 Å². The van der Waals surface area contributed by atoms with Gasteiger partial charge in [-0.05, 0) is 38.2 Å². The molecular weight excluding hydrogens is 300 g/mol. The number of para-hydroxylation sites is 1. The Bertz CT molecular complexity index is 607. The van der Waals surface area contributed by atoms with E-state index in [1.807, 2.05) is 24.1 Å². The Labute approximate surface area is 133 Å². The summed E-state index contributed by atoms with van der Waals surface area (Å²) in [6, 6.07) is 8.28. The third-order valence-corrected chi connectivity index (χ3v) is 6.20. The SMILES string of the molecule is CSC(C)C(=O)N1CCCC(c2nc3ccccc3s2)C1. The van der Waals surface area contributed by atoms with Gasteiger partial charge >= 0.3 is 0 Å². The number of amides is 1. The minimum absolute atomic E-state index is 0.0547. The normalized spacial score (nSPS) is 20.7. The smallest absolute Gasteiger partial charge is 0.235 e. The van der Waals surface area contributed by atoms with Gasteiger partial charge < -0.3 is 4.90 Å². The van der Waals surface area contributed by atoms with Gasteiger partial charge in [-0.1, -0.05) is 12.1 Å². The highest BCUT2D eigenvalue weighted by atomic mass is 32.2. The second-order valence-electron chi connectivity index (χ2n) is 5.52. The summed E-state index contributed by atoms with van der Waals surface area (Å²) >= 11 is 3.40. The summed E-state index contributed by atoms with van der Waals surface area (Å²) in [6.07, 6.45) is 4.21. The molecule has 2 unspecified atom stereocenters. The number of hydrogen-bond donors (Lipinski definition) is 0. The van der Waals surface area contributed by atoms with Crippen molar-refractivity contribution in [2.24, 2.45) is 0 Å². The van der Waals surface area contributed by atoms with Gasteiger partial charge in [0.2, 0.25) is 5.91 Å². The molecule has 3 rings (SSSR count). The molecule has 2 atom stereocenters. The number of thioether (sulfide) groups is 1. The molecular formula is C16H20N2OS2. The summed E-state index contributed by atoms with van der Waals surface area (Å²) < 4.78 is 1.24. The number of benzene rings is 1. The number of piperidine rings is 1. The summed E-state index contributed by atoms with van der Waals surface area (Å²) in [6.45, 7) is 3.71. The number of rotatable bonds is 3. The van der Waals surface area contributed by atoms with Crippen LogP contribution in [0.5, 0.6) is 0 Å². The number of carbonyl (C=O) groups is 1. The first kappa shape index (κ1) is 14.9. The van der Waals surface area contributed by atoms with Crippen LogP contribution in [-0.2, 0) is 4.79 Å². The van der Waals surface area contributed by atoms with Crippen molar-refractivity contribution in [3.8, 4) is 0 Å². The third-order valence-electron chi connectivity index (χ3n) is 4.09. The molecule has 0 aliphatic carbocycles. The summed E-state index contributed by atoms with van der Waals surface area (Å²) in [5, 5.41) is 1.24. The number of nitrogens with zero attached hydrogens (tertiary/aromatic N) is 2. The van der Waals surface area contributed by atoms with Crippen molar-refractivity contribution in [1.82, 2.24) is 9.88 Å². The molecule has 1 amide bonds. The van der Waals surface area contributed by atoms with Crippen LogP contribution in [0.3, 0.4) is 0 Å². The van der Waals surface area contributed by atoms with Gasteiger partial charge in [-0.2, -0.15) is 11.8 Å². The maximum atomic E-state index is 12.4. The van der Waals surface area contributed by atoms with Gasteiger partial charge in [0.15, 0.2) is 0 Å². The first-order valence-corrected chi connectivity index (χ1v) is 9.46. The van der Waals surface area contributed by atoms with Crippen LogP contribution in [0, 0.1) is 0 Å².